The van der Waals surface area contributed by atoms with Gasteiger partial charge in [-0.05, 0) is 60.1 Å². The predicted octanol–water partition coefficient (Wildman–Crippen LogP) is 6.11. The van der Waals surface area contributed by atoms with Gasteiger partial charge in [-0.2, -0.15) is 36.3 Å². The fraction of sp³-hybridized carbons (Fsp3) is 0.393. The number of anilines is 2. The van der Waals surface area contributed by atoms with E-state index < -0.39 is 47.5 Å². The maximum atomic E-state index is 14.5. The molecule has 8 nitrogen and oxygen atoms in total. The molecule has 2 aromatic carbocycles. The summed E-state index contributed by atoms with van der Waals surface area (Å²) in [4.78, 5) is 21.2. The van der Waals surface area contributed by atoms with Gasteiger partial charge in [-0.1, -0.05) is 29.8 Å². The van der Waals surface area contributed by atoms with Gasteiger partial charge in [-0.3, -0.25) is 4.79 Å². The van der Waals surface area contributed by atoms with E-state index in [1.807, 2.05) is 4.90 Å². The minimum Gasteiger partial charge on any atom is -0.480 e. The van der Waals surface area contributed by atoms with Crippen molar-refractivity contribution in [1.82, 2.24) is 15.3 Å². The van der Waals surface area contributed by atoms with Gasteiger partial charge in [0.25, 0.3) is 0 Å². The first-order valence-corrected chi connectivity index (χ1v) is 13.6. The van der Waals surface area contributed by atoms with Gasteiger partial charge in [0.05, 0.1) is 5.56 Å². The zero-order valence-electron chi connectivity index (χ0n) is 22.3. The molecule has 0 amide bonds. The first-order valence-electron chi connectivity index (χ1n) is 13.2. The van der Waals surface area contributed by atoms with Gasteiger partial charge >= 0.3 is 18.3 Å². The van der Waals surface area contributed by atoms with Crippen LogP contribution >= 0.6 is 11.6 Å². The number of piperidine rings is 1. The number of nitrogen functional groups attached to an aromatic ring is 1. The third-order valence-electron chi connectivity index (χ3n) is 7.85. The van der Waals surface area contributed by atoms with Gasteiger partial charge in [0, 0.05) is 36.3 Å². The largest absolute Gasteiger partial charge is 0.480 e. The Hall–Kier alpha value is -3.78. The smallest absolute Gasteiger partial charge is 0.429 e. The van der Waals surface area contributed by atoms with E-state index in [4.69, 9.17) is 22.1 Å². The molecule has 2 atom stereocenters. The van der Waals surface area contributed by atoms with Crippen molar-refractivity contribution in [2.24, 2.45) is 5.41 Å². The van der Waals surface area contributed by atoms with Crippen molar-refractivity contribution in [3.05, 3.63) is 64.7 Å². The summed E-state index contributed by atoms with van der Waals surface area (Å²) in [5.74, 6) is -1.51. The normalized spacial score (nSPS) is 19.4. The standard InChI is InChI=1S/C28H26ClF6N5O3/c29-17-4-5-18(19(11-17)15-2-1-3-16(10-15)27(30,31)32)23(28(33,34)35)43-22-12-21(38-25(36)39-22)40-8-6-26(7-9-40)13-20(24(41)42)37-14-26/h1-5,10-12,20,23,37H,6-9,13-14H2,(H,41,42)(H2,36,38,39)/t20-,23+/m0/s1. The highest BCUT2D eigenvalue weighted by Gasteiger charge is 2.46. The zero-order valence-corrected chi connectivity index (χ0v) is 23.1. The van der Waals surface area contributed by atoms with Gasteiger partial charge in [0.1, 0.15) is 11.9 Å². The van der Waals surface area contributed by atoms with Gasteiger partial charge < -0.3 is 25.8 Å². The Labute approximate surface area is 246 Å². The fourth-order valence-corrected chi connectivity index (χ4v) is 5.81. The number of alkyl halides is 6. The van der Waals surface area contributed by atoms with E-state index >= 15 is 0 Å². The van der Waals surface area contributed by atoms with E-state index in [9.17, 15) is 36.2 Å². The SMILES string of the molecule is Nc1nc(O[C@H](c2ccc(Cl)cc2-c2cccc(C(F)(F)F)c2)C(F)(F)F)cc(N2CCC3(CC2)CN[C@H](C(=O)O)C3)n1. The van der Waals surface area contributed by atoms with E-state index in [2.05, 4.69) is 15.3 Å². The minimum atomic E-state index is -5.02. The molecule has 0 aliphatic carbocycles. The molecule has 2 fully saturated rings. The topological polar surface area (TPSA) is 114 Å². The van der Waals surface area contributed by atoms with E-state index in [0.717, 1.165) is 30.3 Å². The van der Waals surface area contributed by atoms with Crippen LogP contribution in [0.2, 0.25) is 5.02 Å². The Morgan fingerprint density at radius 1 is 1.09 bits per heavy atom. The molecule has 5 rings (SSSR count). The molecule has 1 spiro atoms. The number of hydrogen-bond donors (Lipinski definition) is 3. The number of ether oxygens (including phenoxy) is 1. The Morgan fingerprint density at radius 3 is 2.44 bits per heavy atom. The Balaban J connectivity index is 1.43. The van der Waals surface area contributed by atoms with Crippen LogP contribution in [0.3, 0.4) is 0 Å². The number of halogens is 7. The van der Waals surface area contributed by atoms with Crippen molar-refractivity contribution in [3.8, 4) is 17.0 Å². The molecule has 3 aromatic rings. The van der Waals surface area contributed by atoms with Gasteiger partial charge in [-0.15, -0.1) is 0 Å². The number of nitrogens with two attached hydrogens (primary N) is 1. The number of aromatic nitrogens is 2. The van der Waals surface area contributed by atoms with Crippen LogP contribution in [0.5, 0.6) is 5.88 Å². The number of hydrogen-bond acceptors (Lipinski definition) is 7. The molecule has 15 heteroatoms. The zero-order chi connectivity index (χ0) is 31.2. The van der Waals surface area contributed by atoms with Crippen LogP contribution in [0.1, 0.15) is 36.5 Å². The lowest BCUT2D eigenvalue weighted by atomic mass is 9.76. The molecule has 230 valence electrons. The number of nitrogens with one attached hydrogen (secondary N) is 1. The molecule has 0 saturated carbocycles. The van der Waals surface area contributed by atoms with E-state index in [-0.39, 0.29) is 33.3 Å². The van der Waals surface area contributed by atoms with E-state index in [0.29, 0.717) is 38.9 Å². The second-order valence-electron chi connectivity index (χ2n) is 10.7. The summed E-state index contributed by atoms with van der Waals surface area (Å²) in [5.41, 5.74) is 3.78. The summed E-state index contributed by atoms with van der Waals surface area (Å²) in [6.07, 6.45) is -10.7. The fourth-order valence-electron chi connectivity index (χ4n) is 5.63. The second kappa shape index (κ2) is 11.4. The van der Waals surface area contributed by atoms with Crippen LogP contribution in [0.15, 0.2) is 48.5 Å². The van der Waals surface area contributed by atoms with Crippen molar-refractivity contribution >= 4 is 29.3 Å². The highest BCUT2D eigenvalue weighted by molar-refractivity contribution is 6.30. The van der Waals surface area contributed by atoms with Crippen molar-refractivity contribution in [3.63, 3.8) is 0 Å². The molecule has 0 unspecified atom stereocenters. The molecule has 2 aliphatic rings. The molecule has 43 heavy (non-hydrogen) atoms. The molecule has 1 aromatic heterocycles. The number of rotatable bonds is 6. The second-order valence-corrected chi connectivity index (χ2v) is 11.2. The van der Waals surface area contributed by atoms with E-state index in [1.54, 1.807) is 0 Å². The first kappa shape index (κ1) is 30.7. The maximum absolute atomic E-state index is 14.5. The summed E-state index contributed by atoms with van der Waals surface area (Å²) < 4.78 is 89.0. The maximum Gasteiger partial charge on any atom is 0.429 e. The summed E-state index contributed by atoms with van der Waals surface area (Å²) >= 11 is 6.05. The highest BCUT2D eigenvalue weighted by Crippen LogP contribution is 2.44. The van der Waals surface area contributed by atoms with Crippen molar-refractivity contribution < 1.29 is 41.0 Å². The van der Waals surface area contributed by atoms with Crippen LogP contribution in [0.25, 0.3) is 11.1 Å². The molecule has 3 heterocycles. The summed E-state index contributed by atoms with van der Waals surface area (Å²) in [6.45, 7) is 1.44. The average molecular weight is 630 g/mol. The van der Waals surface area contributed by atoms with Gasteiger partial charge in [0.15, 0.2) is 0 Å². The monoisotopic (exact) mass is 629 g/mol. The third-order valence-corrected chi connectivity index (χ3v) is 8.08. The number of benzene rings is 2. The first-order chi connectivity index (χ1) is 20.1. The number of carboxylic acid groups (broad SMARTS) is 1. The summed E-state index contributed by atoms with van der Waals surface area (Å²) in [6, 6.07) is 7.87. The Bertz CT molecular complexity index is 1510. The van der Waals surface area contributed by atoms with Crippen LogP contribution in [0, 0.1) is 5.41 Å². The van der Waals surface area contributed by atoms with Crippen molar-refractivity contribution in [2.75, 3.05) is 30.3 Å². The summed E-state index contributed by atoms with van der Waals surface area (Å²) in [5, 5.41) is 12.4. The molecule has 4 N–H and O–H groups in total. The lowest BCUT2D eigenvalue weighted by molar-refractivity contribution is -0.198. The quantitative estimate of drug-likeness (QED) is 0.280. The highest BCUT2D eigenvalue weighted by atomic mass is 35.5. The molecule has 0 radical (unpaired) electrons. The van der Waals surface area contributed by atoms with Crippen LogP contribution < -0.4 is 20.7 Å². The van der Waals surface area contributed by atoms with Gasteiger partial charge in [-0.25, -0.2) is 0 Å². The number of carbonyl (C=O) groups is 1. The number of aliphatic carboxylic acids is 1. The molecule has 0 bridgehead atoms. The predicted molar refractivity (Wildman–Crippen MR) is 146 cm³/mol. The molecular formula is C28H26ClF6N5O3. The minimum absolute atomic E-state index is 0.0145. The van der Waals surface area contributed by atoms with Crippen LogP contribution in [0.4, 0.5) is 38.1 Å². The Morgan fingerprint density at radius 2 is 1.81 bits per heavy atom. The molecular weight excluding hydrogens is 604 g/mol. The van der Waals surface area contributed by atoms with E-state index in [1.165, 1.54) is 18.2 Å². The molecule has 2 aliphatic heterocycles. The van der Waals surface area contributed by atoms with Crippen molar-refractivity contribution in [2.45, 2.75) is 43.8 Å². The number of carboxylic acids is 1. The number of nitrogens with zero attached hydrogens (tertiary/aromatic N) is 3. The van der Waals surface area contributed by atoms with Crippen LogP contribution in [-0.4, -0.2) is 52.9 Å². The Kier molecular flexibility index (Phi) is 8.11. The average Bonchev–Trinajstić information content (AvgIpc) is 3.35. The summed E-state index contributed by atoms with van der Waals surface area (Å²) in [7, 11) is 0. The third kappa shape index (κ3) is 6.74. The lowest BCUT2D eigenvalue weighted by Crippen LogP contribution is -2.41. The van der Waals surface area contributed by atoms with Crippen molar-refractivity contribution in [1.29, 1.82) is 0 Å². The van der Waals surface area contributed by atoms with Gasteiger partial charge in [0.2, 0.25) is 17.9 Å². The molecule has 2 saturated heterocycles. The lowest BCUT2D eigenvalue weighted by Gasteiger charge is -2.39. The van der Waals surface area contributed by atoms with Crippen LogP contribution in [-0.2, 0) is 11.0 Å².